The van der Waals surface area contributed by atoms with E-state index in [-0.39, 0.29) is 5.91 Å². The molecule has 27 heavy (non-hydrogen) atoms. The lowest BCUT2D eigenvalue weighted by atomic mass is 10.2. The highest BCUT2D eigenvalue weighted by atomic mass is 35.5. The summed E-state index contributed by atoms with van der Waals surface area (Å²) >= 11 is 6.12. The number of nitrogens with zero attached hydrogens (tertiary/aromatic N) is 2. The minimum atomic E-state index is 0.186. The van der Waals surface area contributed by atoms with Crippen LogP contribution in [0.1, 0.15) is 12.0 Å². The van der Waals surface area contributed by atoms with Crippen LogP contribution in [-0.2, 0) is 4.79 Å². The number of aryl methyl sites for hydroxylation is 1. The van der Waals surface area contributed by atoms with Gasteiger partial charge >= 0.3 is 0 Å². The van der Waals surface area contributed by atoms with Crippen molar-refractivity contribution in [3.05, 3.63) is 53.1 Å². The molecule has 3 rings (SSSR count). The molecule has 0 aromatic heterocycles. The number of piperazine rings is 1. The Bertz CT molecular complexity index is 789. The maximum absolute atomic E-state index is 12.5. The van der Waals surface area contributed by atoms with E-state index in [2.05, 4.69) is 41.4 Å². The molecular weight excluding hydrogens is 362 g/mol. The number of amides is 1. The van der Waals surface area contributed by atoms with Gasteiger partial charge in [-0.25, -0.2) is 0 Å². The minimum Gasteiger partial charge on any atom is -0.495 e. The highest BCUT2D eigenvalue weighted by Gasteiger charge is 2.21. The number of anilines is 2. The number of hydrogen-bond acceptors (Lipinski definition) is 4. The maximum Gasteiger partial charge on any atom is 0.224 e. The van der Waals surface area contributed by atoms with E-state index in [0.29, 0.717) is 23.7 Å². The molecule has 0 unspecified atom stereocenters. The van der Waals surface area contributed by atoms with Crippen LogP contribution in [0.2, 0.25) is 5.02 Å². The molecule has 0 aliphatic carbocycles. The molecule has 0 atom stereocenters. The molecule has 6 heteroatoms. The van der Waals surface area contributed by atoms with Crippen LogP contribution in [0.25, 0.3) is 0 Å². The van der Waals surface area contributed by atoms with Gasteiger partial charge in [-0.2, -0.15) is 0 Å². The molecule has 2 aromatic carbocycles. The first-order chi connectivity index (χ1) is 13.1. The first-order valence-corrected chi connectivity index (χ1v) is 9.61. The fraction of sp³-hybridized carbons (Fsp3) is 0.381. The Morgan fingerprint density at radius 2 is 1.93 bits per heavy atom. The number of rotatable bonds is 6. The number of nitrogens with one attached hydrogen (secondary N) is 1. The Morgan fingerprint density at radius 1 is 1.15 bits per heavy atom. The Kier molecular flexibility index (Phi) is 6.45. The first kappa shape index (κ1) is 19.4. The predicted octanol–water partition coefficient (Wildman–Crippen LogP) is 3.81. The van der Waals surface area contributed by atoms with E-state index in [4.69, 9.17) is 16.3 Å². The molecule has 1 aliphatic rings. The molecule has 0 saturated carbocycles. The van der Waals surface area contributed by atoms with Gasteiger partial charge in [0, 0.05) is 50.5 Å². The van der Waals surface area contributed by atoms with Crippen LogP contribution in [0.15, 0.2) is 42.5 Å². The zero-order valence-corrected chi connectivity index (χ0v) is 16.6. The molecule has 5 nitrogen and oxygen atoms in total. The Balaban J connectivity index is 1.44. The zero-order chi connectivity index (χ0) is 19.2. The summed E-state index contributed by atoms with van der Waals surface area (Å²) in [6.07, 6.45) is 0.466. The number of benzene rings is 2. The number of hydrogen-bond donors (Lipinski definition) is 1. The SMILES string of the molecule is COc1ccc(NCCC(=O)N2CCN(c3cccc(C)c3)CC2)cc1Cl. The Hall–Kier alpha value is -2.40. The van der Waals surface area contributed by atoms with Crippen LogP contribution in [-0.4, -0.2) is 50.6 Å². The predicted molar refractivity (Wildman–Crippen MR) is 111 cm³/mol. The molecule has 1 N–H and O–H groups in total. The Morgan fingerprint density at radius 3 is 2.59 bits per heavy atom. The number of ether oxygens (including phenoxy) is 1. The maximum atomic E-state index is 12.5. The van der Waals surface area contributed by atoms with Crippen molar-refractivity contribution in [2.75, 3.05) is 50.1 Å². The normalized spacial score (nSPS) is 14.2. The van der Waals surface area contributed by atoms with Crippen molar-refractivity contribution in [2.45, 2.75) is 13.3 Å². The van der Waals surface area contributed by atoms with E-state index in [9.17, 15) is 4.79 Å². The number of carbonyl (C=O) groups excluding carboxylic acids is 1. The zero-order valence-electron chi connectivity index (χ0n) is 15.9. The molecule has 0 spiro atoms. The van der Waals surface area contributed by atoms with Crippen LogP contribution in [0.3, 0.4) is 0 Å². The quantitative estimate of drug-likeness (QED) is 0.818. The molecule has 1 saturated heterocycles. The average Bonchev–Trinajstić information content (AvgIpc) is 2.68. The second-order valence-electron chi connectivity index (χ2n) is 6.73. The summed E-state index contributed by atoms with van der Waals surface area (Å²) < 4.78 is 5.14. The van der Waals surface area contributed by atoms with E-state index in [0.717, 1.165) is 31.9 Å². The summed E-state index contributed by atoms with van der Waals surface area (Å²) in [6, 6.07) is 14.0. The molecule has 1 heterocycles. The molecule has 1 amide bonds. The van der Waals surface area contributed by atoms with Crippen LogP contribution in [0.5, 0.6) is 5.75 Å². The lowest BCUT2D eigenvalue weighted by Gasteiger charge is -2.36. The summed E-state index contributed by atoms with van der Waals surface area (Å²) in [4.78, 5) is 16.8. The summed E-state index contributed by atoms with van der Waals surface area (Å²) in [5, 5.41) is 3.81. The third kappa shape index (κ3) is 5.07. The number of carbonyl (C=O) groups is 1. The first-order valence-electron chi connectivity index (χ1n) is 9.23. The monoisotopic (exact) mass is 387 g/mol. The van der Waals surface area contributed by atoms with E-state index < -0.39 is 0 Å². The van der Waals surface area contributed by atoms with Gasteiger partial charge in [-0.1, -0.05) is 23.7 Å². The lowest BCUT2D eigenvalue weighted by molar-refractivity contribution is -0.131. The van der Waals surface area contributed by atoms with Gasteiger partial charge in [0.05, 0.1) is 12.1 Å². The van der Waals surface area contributed by atoms with E-state index in [1.54, 1.807) is 7.11 Å². The highest BCUT2D eigenvalue weighted by Crippen LogP contribution is 2.27. The lowest BCUT2D eigenvalue weighted by Crippen LogP contribution is -2.49. The van der Waals surface area contributed by atoms with Crippen LogP contribution in [0.4, 0.5) is 11.4 Å². The van der Waals surface area contributed by atoms with E-state index in [1.165, 1.54) is 11.3 Å². The minimum absolute atomic E-state index is 0.186. The van der Waals surface area contributed by atoms with Crippen LogP contribution in [0, 0.1) is 6.92 Å². The van der Waals surface area contributed by atoms with E-state index >= 15 is 0 Å². The standard InChI is InChI=1S/C21H26ClN3O2/c1-16-4-3-5-18(14-16)24-10-12-25(13-11-24)21(26)8-9-23-17-6-7-20(27-2)19(22)15-17/h3-7,14-15,23H,8-13H2,1-2H3. The molecule has 144 valence electrons. The smallest absolute Gasteiger partial charge is 0.224 e. The molecule has 2 aromatic rings. The molecular formula is C21H26ClN3O2. The third-order valence-corrected chi connectivity index (χ3v) is 5.11. The van der Waals surface area contributed by atoms with Gasteiger partial charge in [0.1, 0.15) is 5.75 Å². The summed E-state index contributed by atoms with van der Waals surface area (Å²) in [7, 11) is 1.59. The fourth-order valence-corrected chi connectivity index (χ4v) is 3.54. The Labute approximate surface area is 165 Å². The van der Waals surface area contributed by atoms with Crippen molar-refractivity contribution in [1.29, 1.82) is 0 Å². The molecule has 0 bridgehead atoms. The molecule has 1 fully saturated rings. The van der Waals surface area contributed by atoms with Gasteiger partial charge in [-0.15, -0.1) is 0 Å². The van der Waals surface area contributed by atoms with Gasteiger partial charge in [0.25, 0.3) is 0 Å². The summed E-state index contributed by atoms with van der Waals surface area (Å²) in [5.41, 5.74) is 3.38. The van der Waals surface area contributed by atoms with Crippen molar-refractivity contribution in [1.82, 2.24) is 4.90 Å². The second kappa shape index (κ2) is 9.00. The van der Waals surface area contributed by atoms with Gasteiger partial charge in [0.2, 0.25) is 5.91 Å². The fourth-order valence-electron chi connectivity index (χ4n) is 3.29. The number of halogens is 1. The topological polar surface area (TPSA) is 44.8 Å². The van der Waals surface area contributed by atoms with Crippen molar-refractivity contribution in [2.24, 2.45) is 0 Å². The summed E-state index contributed by atoms with van der Waals surface area (Å²) in [5.74, 6) is 0.829. The highest BCUT2D eigenvalue weighted by molar-refractivity contribution is 6.32. The van der Waals surface area contributed by atoms with Gasteiger partial charge < -0.3 is 19.9 Å². The van der Waals surface area contributed by atoms with Crippen molar-refractivity contribution >= 4 is 28.9 Å². The largest absolute Gasteiger partial charge is 0.495 e. The molecule has 1 aliphatic heterocycles. The van der Waals surface area contributed by atoms with E-state index in [1.807, 2.05) is 23.1 Å². The summed E-state index contributed by atoms with van der Waals surface area (Å²) in [6.45, 7) is 5.96. The van der Waals surface area contributed by atoms with Crippen molar-refractivity contribution in [3.63, 3.8) is 0 Å². The number of methoxy groups -OCH3 is 1. The van der Waals surface area contributed by atoms with Gasteiger partial charge in [0.15, 0.2) is 0 Å². The van der Waals surface area contributed by atoms with Crippen molar-refractivity contribution < 1.29 is 9.53 Å². The van der Waals surface area contributed by atoms with Gasteiger partial charge in [-0.05, 0) is 42.8 Å². The molecule has 0 radical (unpaired) electrons. The van der Waals surface area contributed by atoms with Crippen LogP contribution >= 0.6 is 11.6 Å². The van der Waals surface area contributed by atoms with Crippen molar-refractivity contribution in [3.8, 4) is 5.75 Å². The average molecular weight is 388 g/mol. The second-order valence-corrected chi connectivity index (χ2v) is 7.14. The van der Waals surface area contributed by atoms with Crippen LogP contribution < -0.4 is 15.0 Å². The van der Waals surface area contributed by atoms with Gasteiger partial charge in [-0.3, -0.25) is 4.79 Å². The third-order valence-electron chi connectivity index (χ3n) is 4.82.